The van der Waals surface area contributed by atoms with Crippen LogP contribution in [0.4, 0.5) is 5.69 Å². The molecule has 2 heterocycles. The van der Waals surface area contributed by atoms with Gasteiger partial charge in [-0.2, -0.15) is 5.26 Å². The predicted molar refractivity (Wildman–Crippen MR) is 123 cm³/mol. The summed E-state index contributed by atoms with van der Waals surface area (Å²) >= 11 is 0. The fourth-order valence-electron chi connectivity index (χ4n) is 4.67. The number of nitriles is 1. The Balaban J connectivity index is 1.15. The molecule has 2 aromatic rings. The molecule has 1 saturated heterocycles. The summed E-state index contributed by atoms with van der Waals surface area (Å²) in [6.45, 7) is 10.8. The lowest BCUT2D eigenvalue weighted by atomic mass is 9.93. The van der Waals surface area contributed by atoms with Crippen LogP contribution in [0, 0.1) is 17.2 Å². The van der Waals surface area contributed by atoms with E-state index in [1.54, 1.807) is 0 Å². The fourth-order valence-corrected chi connectivity index (χ4v) is 4.67. The van der Waals surface area contributed by atoms with Gasteiger partial charge in [0.2, 0.25) is 0 Å². The maximum absolute atomic E-state index is 8.95. The van der Waals surface area contributed by atoms with Gasteiger partial charge in [0, 0.05) is 56.6 Å². The van der Waals surface area contributed by atoms with E-state index in [9.17, 15) is 0 Å². The standard InChI is InChI=1S/C26H32N4/c1-21(23-12-17-30(18-13-23)26-9-7-22(19-27)8-10-26)28-14-4-15-29-16-11-24-5-2-3-6-25(24)20-29/h2-3,5-10,23,28H,1,4,11-18,20H2. The maximum atomic E-state index is 8.95. The number of anilines is 1. The molecule has 4 heteroatoms. The van der Waals surface area contributed by atoms with E-state index in [0.29, 0.717) is 5.92 Å². The molecule has 0 aromatic heterocycles. The van der Waals surface area contributed by atoms with Crippen molar-refractivity contribution in [2.45, 2.75) is 32.2 Å². The smallest absolute Gasteiger partial charge is 0.0991 e. The minimum absolute atomic E-state index is 0.557. The van der Waals surface area contributed by atoms with Crippen molar-refractivity contribution in [2.75, 3.05) is 37.6 Å². The lowest BCUT2D eigenvalue weighted by molar-refractivity contribution is 0.250. The van der Waals surface area contributed by atoms with Crippen LogP contribution in [0.25, 0.3) is 0 Å². The number of benzene rings is 2. The van der Waals surface area contributed by atoms with E-state index in [-0.39, 0.29) is 0 Å². The first-order chi connectivity index (χ1) is 14.7. The summed E-state index contributed by atoms with van der Waals surface area (Å²) in [4.78, 5) is 4.99. The minimum Gasteiger partial charge on any atom is -0.389 e. The normalized spacial score (nSPS) is 17.2. The lowest BCUT2D eigenvalue weighted by Crippen LogP contribution is -2.37. The van der Waals surface area contributed by atoms with Crippen LogP contribution in [0.15, 0.2) is 60.8 Å². The molecule has 0 aliphatic carbocycles. The van der Waals surface area contributed by atoms with E-state index in [2.05, 4.69) is 64.2 Å². The Hall–Kier alpha value is -2.77. The zero-order valence-electron chi connectivity index (χ0n) is 17.8. The van der Waals surface area contributed by atoms with Gasteiger partial charge in [-0.3, -0.25) is 4.90 Å². The Morgan fingerprint density at radius 3 is 2.50 bits per heavy atom. The number of fused-ring (bicyclic) bond motifs is 1. The molecular formula is C26H32N4. The third-order valence-corrected chi connectivity index (χ3v) is 6.56. The van der Waals surface area contributed by atoms with Crippen molar-refractivity contribution in [3.8, 4) is 6.07 Å². The highest BCUT2D eigenvalue weighted by Crippen LogP contribution is 2.26. The third-order valence-electron chi connectivity index (χ3n) is 6.56. The first kappa shape index (κ1) is 20.5. The Morgan fingerprint density at radius 2 is 1.77 bits per heavy atom. The summed E-state index contributed by atoms with van der Waals surface area (Å²) in [5.41, 5.74) is 6.16. The van der Waals surface area contributed by atoms with E-state index in [0.717, 1.165) is 57.5 Å². The van der Waals surface area contributed by atoms with E-state index in [4.69, 9.17) is 5.26 Å². The van der Waals surface area contributed by atoms with E-state index >= 15 is 0 Å². The van der Waals surface area contributed by atoms with Crippen molar-refractivity contribution >= 4 is 5.69 Å². The van der Waals surface area contributed by atoms with Gasteiger partial charge in [-0.25, -0.2) is 0 Å². The van der Waals surface area contributed by atoms with Gasteiger partial charge in [0.15, 0.2) is 0 Å². The Labute approximate surface area is 180 Å². The molecule has 1 fully saturated rings. The second-order valence-corrected chi connectivity index (χ2v) is 8.52. The van der Waals surface area contributed by atoms with Crippen LogP contribution in [0.3, 0.4) is 0 Å². The molecule has 156 valence electrons. The monoisotopic (exact) mass is 400 g/mol. The van der Waals surface area contributed by atoms with Gasteiger partial charge in [0.1, 0.15) is 0 Å². The van der Waals surface area contributed by atoms with Crippen LogP contribution in [-0.4, -0.2) is 37.6 Å². The highest BCUT2D eigenvalue weighted by molar-refractivity contribution is 5.50. The molecule has 2 aliphatic heterocycles. The number of allylic oxidation sites excluding steroid dienone is 1. The van der Waals surface area contributed by atoms with Gasteiger partial charge in [0.25, 0.3) is 0 Å². The van der Waals surface area contributed by atoms with Crippen LogP contribution in [0.5, 0.6) is 0 Å². The Kier molecular flexibility index (Phi) is 6.71. The number of hydrogen-bond donors (Lipinski definition) is 1. The van der Waals surface area contributed by atoms with Crippen LogP contribution in [0.2, 0.25) is 0 Å². The van der Waals surface area contributed by atoms with E-state index in [1.807, 2.05) is 12.1 Å². The molecule has 0 amide bonds. The molecular weight excluding hydrogens is 368 g/mol. The highest BCUT2D eigenvalue weighted by atomic mass is 15.1. The molecule has 0 radical (unpaired) electrons. The SMILES string of the molecule is C=C(NCCCN1CCc2ccccc2C1)C1CCN(c2ccc(C#N)cc2)CC1. The average Bonchev–Trinajstić information content (AvgIpc) is 2.82. The van der Waals surface area contributed by atoms with Crippen molar-refractivity contribution in [1.29, 1.82) is 5.26 Å². The Bertz CT molecular complexity index is 888. The Morgan fingerprint density at radius 1 is 1.03 bits per heavy atom. The molecule has 4 nitrogen and oxygen atoms in total. The predicted octanol–water partition coefficient (Wildman–Crippen LogP) is 4.33. The molecule has 2 aromatic carbocycles. The molecule has 0 atom stereocenters. The topological polar surface area (TPSA) is 42.3 Å². The first-order valence-corrected chi connectivity index (χ1v) is 11.2. The number of piperidine rings is 1. The van der Waals surface area contributed by atoms with Crippen LogP contribution < -0.4 is 10.2 Å². The van der Waals surface area contributed by atoms with E-state index < -0.39 is 0 Å². The van der Waals surface area contributed by atoms with Crippen molar-refractivity contribution in [3.05, 3.63) is 77.5 Å². The molecule has 4 rings (SSSR count). The fraction of sp³-hybridized carbons (Fsp3) is 0.423. The molecule has 0 unspecified atom stereocenters. The molecule has 0 spiro atoms. The van der Waals surface area contributed by atoms with Gasteiger partial charge in [-0.05, 0) is 61.1 Å². The summed E-state index contributed by atoms with van der Waals surface area (Å²) in [7, 11) is 0. The average molecular weight is 401 g/mol. The second kappa shape index (κ2) is 9.82. The molecule has 0 saturated carbocycles. The highest BCUT2D eigenvalue weighted by Gasteiger charge is 2.21. The summed E-state index contributed by atoms with van der Waals surface area (Å²) < 4.78 is 0. The summed E-state index contributed by atoms with van der Waals surface area (Å²) in [5.74, 6) is 0.557. The number of rotatable bonds is 7. The summed E-state index contributed by atoms with van der Waals surface area (Å²) in [6, 6.07) is 19.0. The molecule has 2 aliphatic rings. The van der Waals surface area contributed by atoms with Crippen molar-refractivity contribution in [1.82, 2.24) is 10.2 Å². The third kappa shape index (κ3) is 5.04. The number of hydrogen-bond acceptors (Lipinski definition) is 4. The van der Waals surface area contributed by atoms with Crippen LogP contribution in [0.1, 0.15) is 36.0 Å². The summed E-state index contributed by atoms with van der Waals surface area (Å²) in [6.07, 6.45) is 4.60. The largest absolute Gasteiger partial charge is 0.389 e. The molecule has 1 N–H and O–H groups in total. The lowest BCUT2D eigenvalue weighted by Gasteiger charge is -2.35. The van der Waals surface area contributed by atoms with Gasteiger partial charge >= 0.3 is 0 Å². The minimum atomic E-state index is 0.557. The number of nitrogens with one attached hydrogen (secondary N) is 1. The zero-order valence-corrected chi connectivity index (χ0v) is 17.8. The molecule has 30 heavy (non-hydrogen) atoms. The van der Waals surface area contributed by atoms with Crippen LogP contribution >= 0.6 is 0 Å². The van der Waals surface area contributed by atoms with Crippen molar-refractivity contribution < 1.29 is 0 Å². The van der Waals surface area contributed by atoms with Gasteiger partial charge in [0.05, 0.1) is 11.6 Å². The van der Waals surface area contributed by atoms with E-state index in [1.165, 1.54) is 35.5 Å². The summed E-state index contributed by atoms with van der Waals surface area (Å²) in [5, 5.41) is 12.6. The van der Waals surface area contributed by atoms with Crippen molar-refractivity contribution in [2.24, 2.45) is 5.92 Å². The molecule has 0 bridgehead atoms. The van der Waals surface area contributed by atoms with Crippen molar-refractivity contribution in [3.63, 3.8) is 0 Å². The van der Waals surface area contributed by atoms with Gasteiger partial charge in [-0.15, -0.1) is 0 Å². The second-order valence-electron chi connectivity index (χ2n) is 8.52. The number of nitrogens with zero attached hydrogens (tertiary/aromatic N) is 3. The zero-order chi connectivity index (χ0) is 20.8. The van der Waals surface area contributed by atoms with Gasteiger partial charge in [-0.1, -0.05) is 30.8 Å². The van der Waals surface area contributed by atoms with Gasteiger partial charge < -0.3 is 10.2 Å². The first-order valence-electron chi connectivity index (χ1n) is 11.2. The van der Waals surface area contributed by atoms with Crippen LogP contribution in [-0.2, 0) is 13.0 Å². The maximum Gasteiger partial charge on any atom is 0.0991 e. The quantitative estimate of drug-likeness (QED) is 0.703.